The second-order valence-corrected chi connectivity index (χ2v) is 6.75. The normalized spacial score (nSPS) is 20.9. The van der Waals surface area contributed by atoms with Gasteiger partial charge in [-0.1, -0.05) is 48.8 Å². The Bertz CT molecular complexity index is 410. The van der Waals surface area contributed by atoms with Crippen molar-refractivity contribution in [1.29, 1.82) is 0 Å². The van der Waals surface area contributed by atoms with E-state index in [9.17, 15) is 0 Å². The van der Waals surface area contributed by atoms with Gasteiger partial charge in [0, 0.05) is 11.4 Å². The van der Waals surface area contributed by atoms with Crippen molar-refractivity contribution in [3.63, 3.8) is 0 Å². The summed E-state index contributed by atoms with van der Waals surface area (Å²) in [6.07, 6.45) is 5.83. The van der Waals surface area contributed by atoms with E-state index in [1.807, 2.05) is 0 Å². The summed E-state index contributed by atoms with van der Waals surface area (Å²) in [5.74, 6) is 0.617. The molecule has 0 saturated carbocycles. The highest BCUT2D eigenvalue weighted by Gasteiger charge is 2.26. The van der Waals surface area contributed by atoms with Gasteiger partial charge in [0.05, 0.1) is 6.61 Å². The van der Waals surface area contributed by atoms with Gasteiger partial charge in [0.15, 0.2) is 0 Å². The van der Waals surface area contributed by atoms with E-state index in [-0.39, 0.29) is 0 Å². The van der Waals surface area contributed by atoms with Gasteiger partial charge in [0.25, 0.3) is 0 Å². The third-order valence-corrected chi connectivity index (χ3v) is 5.67. The first-order chi connectivity index (χ1) is 9.71. The lowest BCUT2D eigenvalue weighted by molar-refractivity contribution is 0.0544. The third kappa shape index (κ3) is 3.46. The summed E-state index contributed by atoms with van der Waals surface area (Å²) in [5.41, 5.74) is 6.06. The van der Waals surface area contributed by atoms with E-state index in [1.165, 1.54) is 29.5 Å². The van der Waals surface area contributed by atoms with Crippen molar-refractivity contribution in [1.82, 2.24) is 0 Å². The fourth-order valence-electron chi connectivity index (χ4n) is 3.23. The number of hydrogen-bond acceptors (Lipinski definition) is 1. The van der Waals surface area contributed by atoms with E-state index in [0.29, 0.717) is 10.7 Å². The molecule has 1 nitrogen and oxygen atoms in total. The molecule has 0 spiro atoms. The molecule has 1 aliphatic heterocycles. The van der Waals surface area contributed by atoms with Gasteiger partial charge in [-0.15, -0.1) is 0 Å². The summed E-state index contributed by atoms with van der Waals surface area (Å²) < 4.78 is 5.69. The third-order valence-electron chi connectivity index (χ3n) is 4.47. The van der Waals surface area contributed by atoms with Gasteiger partial charge in [-0.25, -0.2) is 0 Å². The SMILES string of the molecule is CCc1cc(CC)c(C(Br)C2CCCOC2)c(CC)c1. The van der Waals surface area contributed by atoms with Crippen LogP contribution in [0.4, 0.5) is 0 Å². The van der Waals surface area contributed by atoms with E-state index < -0.39 is 0 Å². The molecule has 0 N–H and O–H groups in total. The van der Waals surface area contributed by atoms with Gasteiger partial charge in [0.1, 0.15) is 0 Å². The minimum Gasteiger partial charge on any atom is -0.381 e. The average molecular weight is 339 g/mol. The van der Waals surface area contributed by atoms with Crippen molar-refractivity contribution in [3.8, 4) is 0 Å². The number of hydrogen-bond donors (Lipinski definition) is 0. The summed E-state index contributed by atoms with van der Waals surface area (Å²) in [6, 6.07) is 4.82. The van der Waals surface area contributed by atoms with E-state index in [0.717, 1.165) is 32.5 Å². The van der Waals surface area contributed by atoms with Gasteiger partial charge < -0.3 is 4.74 Å². The molecule has 112 valence electrons. The lowest BCUT2D eigenvalue weighted by Crippen LogP contribution is -2.22. The fraction of sp³-hybridized carbons (Fsp3) is 0.667. The monoisotopic (exact) mass is 338 g/mol. The Balaban J connectivity index is 2.36. The van der Waals surface area contributed by atoms with Crippen molar-refractivity contribution in [2.45, 2.75) is 57.7 Å². The second kappa shape index (κ2) is 7.61. The van der Waals surface area contributed by atoms with Crippen LogP contribution in [0, 0.1) is 5.92 Å². The molecule has 2 unspecified atom stereocenters. The minimum atomic E-state index is 0.443. The molecule has 1 aromatic rings. The minimum absolute atomic E-state index is 0.443. The van der Waals surface area contributed by atoms with Crippen LogP contribution in [0.5, 0.6) is 0 Å². The molecule has 0 aliphatic carbocycles. The summed E-state index contributed by atoms with van der Waals surface area (Å²) in [6.45, 7) is 8.63. The summed E-state index contributed by atoms with van der Waals surface area (Å²) >= 11 is 4.00. The Morgan fingerprint density at radius 2 is 1.80 bits per heavy atom. The van der Waals surface area contributed by atoms with E-state index in [1.54, 1.807) is 5.56 Å². The molecule has 2 rings (SSSR count). The molecule has 1 aromatic carbocycles. The van der Waals surface area contributed by atoms with E-state index >= 15 is 0 Å². The molecule has 20 heavy (non-hydrogen) atoms. The first-order valence-electron chi connectivity index (χ1n) is 8.07. The zero-order valence-corrected chi connectivity index (χ0v) is 14.6. The van der Waals surface area contributed by atoms with Gasteiger partial charge >= 0.3 is 0 Å². The van der Waals surface area contributed by atoms with Crippen LogP contribution in [0.2, 0.25) is 0 Å². The zero-order valence-electron chi connectivity index (χ0n) is 13.0. The average Bonchev–Trinajstić information content (AvgIpc) is 2.53. The number of alkyl halides is 1. The lowest BCUT2D eigenvalue weighted by Gasteiger charge is -2.30. The first kappa shape index (κ1) is 16.0. The van der Waals surface area contributed by atoms with Crippen molar-refractivity contribution >= 4 is 15.9 Å². The topological polar surface area (TPSA) is 9.23 Å². The largest absolute Gasteiger partial charge is 0.381 e. The zero-order chi connectivity index (χ0) is 14.5. The Hall–Kier alpha value is -0.340. The maximum atomic E-state index is 5.69. The van der Waals surface area contributed by atoms with Gasteiger partial charge in [-0.3, -0.25) is 0 Å². The Morgan fingerprint density at radius 1 is 1.15 bits per heavy atom. The van der Waals surface area contributed by atoms with Crippen LogP contribution in [0.25, 0.3) is 0 Å². The second-order valence-electron chi connectivity index (χ2n) is 5.77. The quantitative estimate of drug-likeness (QED) is 0.667. The van der Waals surface area contributed by atoms with Crippen LogP contribution >= 0.6 is 15.9 Å². The van der Waals surface area contributed by atoms with Crippen LogP contribution < -0.4 is 0 Å². The maximum Gasteiger partial charge on any atom is 0.0508 e. The van der Waals surface area contributed by atoms with Crippen LogP contribution in [-0.2, 0) is 24.0 Å². The number of rotatable bonds is 5. The molecule has 1 aliphatic rings. The van der Waals surface area contributed by atoms with Crippen molar-refractivity contribution in [2.24, 2.45) is 5.92 Å². The van der Waals surface area contributed by atoms with E-state index in [4.69, 9.17) is 4.74 Å². The highest BCUT2D eigenvalue weighted by molar-refractivity contribution is 9.09. The van der Waals surface area contributed by atoms with Crippen molar-refractivity contribution < 1.29 is 4.74 Å². The summed E-state index contributed by atoms with van der Waals surface area (Å²) in [5, 5.41) is 0. The van der Waals surface area contributed by atoms with Crippen LogP contribution in [0.3, 0.4) is 0 Å². The Kier molecular flexibility index (Phi) is 6.10. The van der Waals surface area contributed by atoms with Crippen molar-refractivity contribution in [3.05, 3.63) is 34.4 Å². The Morgan fingerprint density at radius 3 is 2.25 bits per heavy atom. The highest BCUT2D eigenvalue weighted by Crippen LogP contribution is 2.40. The maximum absolute atomic E-state index is 5.69. The molecule has 0 radical (unpaired) electrons. The molecular formula is C18H27BrO. The van der Waals surface area contributed by atoms with Crippen LogP contribution in [0.1, 0.15) is 60.7 Å². The smallest absolute Gasteiger partial charge is 0.0508 e. The van der Waals surface area contributed by atoms with Gasteiger partial charge in [0.2, 0.25) is 0 Å². The number of halogens is 1. The van der Waals surface area contributed by atoms with Gasteiger partial charge in [-0.2, -0.15) is 0 Å². The standard InChI is InChI=1S/C18H27BrO/c1-4-13-10-14(5-2)17(15(6-3)11-13)18(19)16-8-7-9-20-12-16/h10-11,16,18H,4-9,12H2,1-3H3. The molecular weight excluding hydrogens is 312 g/mol. The molecule has 2 atom stereocenters. The molecule has 0 amide bonds. The van der Waals surface area contributed by atoms with E-state index in [2.05, 4.69) is 48.8 Å². The van der Waals surface area contributed by atoms with Crippen LogP contribution in [0.15, 0.2) is 12.1 Å². The first-order valence-corrected chi connectivity index (χ1v) is 8.99. The molecule has 0 bridgehead atoms. The fourth-order valence-corrected chi connectivity index (χ4v) is 4.23. The molecule has 0 aromatic heterocycles. The number of benzene rings is 1. The highest BCUT2D eigenvalue weighted by atomic mass is 79.9. The number of ether oxygens (including phenoxy) is 1. The number of aryl methyl sites for hydroxylation is 3. The predicted molar refractivity (Wildman–Crippen MR) is 89.8 cm³/mol. The van der Waals surface area contributed by atoms with Gasteiger partial charge in [-0.05, 0) is 60.3 Å². The molecule has 1 fully saturated rings. The predicted octanol–water partition coefficient (Wildman–Crippen LogP) is 5.24. The molecule has 1 heterocycles. The summed E-state index contributed by atoms with van der Waals surface area (Å²) in [4.78, 5) is 0.443. The van der Waals surface area contributed by atoms with Crippen molar-refractivity contribution in [2.75, 3.05) is 13.2 Å². The molecule has 2 heteroatoms. The lowest BCUT2D eigenvalue weighted by atomic mass is 9.86. The van der Waals surface area contributed by atoms with Crippen LogP contribution in [-0.4, -0.2) is 13.2 Å². The summed E-state index contributed by atoms with van der Waals surface area (Å²) in [7, 11) is 0. The molecule has 1 saturated heterocycles. The Labute approximate surface area is 132 Å².